The molecule has 0 atom stereocenters. The van der Waals surface area contributed by atoms with E-state index >= 15 is 0 Å². The Morgan fingerprint density at radius 1 is 1.25 bits per heavy atom. The van der Waals surface area contributed by atoms with Crippen molar-refractivity contribution in [1.82, 2.24) is 0 Å². The van der Waals surface area contributed by atoms with E-state index in [-0.39, 0.29) is 5.56 Å². The van der Waals surface area contributed by atoms with Crippen LogP contribution >= 0.6 is 0 Å². The molecule has 0 spiro atoms. The number of benzene rings is 1. The summed E-state index contributed by atoms with van der Waals surface area (Å²) in [5.41, 5.74) is 1.56. The van der Waals surface area contributed by atoms with Crippen molar-refractivity contribution < 1.29 is 9.90 Å². The molecule has 20 heavy (non-hydrogen) atoms. The number of anilines is 1. The maximum Gasteiger partial charge on any atom is 0.335 e. The molecule has 4 heteroatoms. The maximum absolute atomic E-state index is 11.0. The Labute approximate surface area is 118 Å². The van der Waals surface area contributed by atoms with E-state index in [9.17, 15) is 10.1 Å². The first-order chi connectivity index (χ1) is 9.67. The van der Waals surface area contributed by atoms with Crippen LogP contribution in [-0.4, -0.2) is 24.2 Å². The van der Waals surface area contributed by atoms with Crippen LogP contribution in [0.1, 0.15) is 41.6 Å². The smallest absolute Gasteiger partial charge is 0.335 e. The van der Waals surface area contributed by atoms with Crippen LogP contribution < -0.4 is 4.90 Å². The predicted octanol–water partition coefficient (Wildman–Crippen LogP) is 2.88. The molecule has 1 aromatic rings. The summed E-state index contributed by atoms with van der Waals surface area (Å²) in [5, 5.41) is 18.3. The highest BCUT2D eigenvalue weighted by atomic mass is 16.4. The van der Waals surface area contributed by atoms with Gasteiger partial charge in [0.15, 0.2) is 0 Å². The minimum Gasteiger partial charge on any atom is -0.478 e. The van der Waals surface area contributed by atoms with E-state index in [4.69, 9.17) is 5.11 Å². The lowest BCUT2D eigenvalue weighted by atomic mass is 10.1. The highest BCUT2D eigenvalue weighted by molar-refractivity contribution is 5.89. The van der Waals surface area contributed by atoms with E-state index in [0.717, 1.165) is 30.6 Å². The van der Waals surface area contributed by atoms with Crippen LogP contribution in [0.3, 0.4) is 0 Å². The predicted molar refractivity (Wildman–Crippen MR) is 75.8 cm³/mol. The molecular weight excluding hydrogens is 252 g/mol. The Hall–Kier alpha value is -2.02. The number of carboxylic acids is 1. The summed E-state index contributed by atoms with van der Waals surface area (Å²) in [4.78, 5) is 13.3. The molecule has 0 radical (unpaired) electrons. The van der Waals surface area contributed by atoms with Gasteiger partial charge in [-0.2, -0.15) is 5.26 Å². The molecule has 0 aromatic heterocycles. The van der Waals surface area contributed by atoms with E-state index in [1.807, 2.05) is 0 Å². The molecule has 2 fully saturated rings. The van der Waals surface area contributed by atoms with Gasteiger partial charge in [-0.15, -0.1) is 0 Å². The van der Waals surface area contributed by atoms with E-state index in [0.29, 0.717) is 5.56 Å². The van der Waals surface area contributed by atoms with Crippen LogP contribution in [0, 0.1) is 23.2 Å². The van der Waals surface area contributed by atoms with Crippen LogP contribution in [-0.2, 0) is 0 Å². The van der Waals surface area contributed by atoms with Gasteiger partial charge in [-0.05, 0) is 55.7 Å². The zero-order chi connectivity index (χ0) is 14.1. The second-order valence-corrected chi connectivity index (χ2v) is 5.94. The number of rotatable bonds is 6. The molecule has 1 aromatic carbocycles. The van der Waals surface area contributed by atoms with Gasteiger partial charge in [0, 0.05) is 13.1 Å². The topological polar surface area (TPSA) is 64.3 Å². The number of hydrogen-bond donors (Lipinski definition) is 1. The number of nitriles is 1. The molecule has 0 aliphatic heterocycles. The number of hydrogen-bond acceptors (Lipinski definition) is 3. The van der Waals surface area contributed by atoms with Crippen LogP contribution in [0.15, 0.2) is 18.2 Å². The first kappa shape index (κ1) is 13.0. The SMILES string of the molecule is N#Cc1cc(C(=O)O)ccc1N(CC1CC1)CC1CC1. The third kappa shape index (κ3) is 2.93. The van der Waals surface area contributed by atoms with Gasteiger partial charge < -0.3 is 10.0 Å². The minimum atomic E-state index is -0.982. The lowest BCUT2D eigenvalue weighted by molar-refractivity contribution is 0.0697. The average Bonchev–Trinajstić information content (AvgIpc) is 3.32. The van der Waals surface area contributed by atoms with Gasteiger partial charge >= 0.3 is 5.97 Å². The average molecular weight is 270 g/mol. The molecule has 2 saturated carbocycles. The van der Waals surface area contributed by atoms with Gasteiger partial charge in [0.1, 0.15) is 6.07 Å². The molecule has 104 valence electrons. The largest absolute Gasteiger partial charge is 0.478 e. The molecule has 3 rings (SSSR count). The lowest BCUT2D eigenvalue weighted by Gasteiger charge is -2.26. The van der Waals surface area contributed by atoms with Gasteiger partial charge in [0.25, 0.3) is 0 Å². The van der Waals surface area contributed by atoms with Gasteiger partial charge in [-0.1, -0.05) is 0 Å². The van der Waals surface area contributed by atoms with Gasteiger partial charge in [0.2, 0.25) is 0 Å². The zero-order valence-electron chi connectivity index (χ0n) is 11.4. The Morgan fingerprint density at radius 3 is 2.30 bits per heavy atom. The molecule has 2 aliphatic carbocycles. The Bertz CT molecular complexity index is 554. The molecule has 4 nitrogen and oxygen atoms in total. The Kier molecular flexibility index (Phi) is 3.35. The van der Waals surface area contributed by atoms with E-state index in [2.05, 4.69) is 11.0 Å². The fourth-order valence-electron chi connectivity index (χ4n) is 2.53. The summed E-state index contributed by atoms with van der Waals surface area (Å²) in [6, 6.07) is 7.05. The number of aromatic carboxylic acids is 1. The van der Waals surface area contributed by atoms with Gasteiger partial charge in [-0.25, -0.2) is 4.79 Å². The molecule has 0 saturated heterocycles. The molecule has 0 amide bonds. The van der Waals surface area contributed by atoms with Crippen LogP contribution in [0.25, 0.3) is 0 Å². The van der Waals surface area contributed by atoms with Crippen LogP contribution in [0.5, 0.6) is 0 Å². The normalized spacial score (nSPS) is 17.6. The monoisotopic (exact) mass is 270 g/mol. The first-order valence-electron chi connectivity index (χ1n) is 7.19. The van der Waals surface area contributed by atoms with E-state index in [1.165, 1.54) is 31.7 Å². The van der Waals surface area contributed by atoms with E-state index in [1.54, 1.807) is 12.1 Å². The molecule has 1 N–H and O–H groups in total. The van der Waals surface area contributed by atoms with Crippen molar-refractivity contribution in [2.24, 2.45) is 11.8 Å². The fourth-order valence-corrected chi connectivity index (χ4v) is 2.53. The lowest BCUT2D eigenvalue weighted by Crippen LogP contribution is -2.28. The number of carboxylic acid groups (broad SMARTS) is 1. The van der Waals surface area contributed by atoms with Gasteiger partial charge in [-0.3, -0.25) is 0 Å². The number of nitrogens with zero attached hydrogens (tertiary/aromatic N) is 2. The zero-order valence-corrected chi connectivity index (χ0v) is 11.4. The molecule has 0 bridgehead atoms. The van der Waals surface area contributed by atoms with Crippen molar-refractivity contribution in [3.05, 3.63) is 29.3 Å². The third-order valence-electron chi connectivity index (χ3n) is 4.06. The van der Waals surface area contributed by atoms with Gasteiger partial charge in [0.05, 0.1) is 16.8 Å². The second kappa shape index (κ2) is 5.16. The van der Waals surface area contributed by atoms with E-state index < -0.39 is 5.97 Å². The van der Waals surface area contributed by atoms with Crippen molar-refractivity contribution in [2.75, 3.05) is 18.0 Å². The second-order valence-electron chi connectivity index (χ2n) is 5.94. The molecule has 0 unspecified atom stereocenters. The minimum absolute atomic E-state index is 0.183. The summed E-state index contributed by atoms with van der Waals surface area (Å²) in [6.45, 7) is 2.00. The van der Waals surface area contributed by atoms with Crippen molar-refractivity contribution in [2.45, 2.75) is 25.7 Å². The van der Waals surface area contributed by atoms with Crippen LogP contribution in [0.4, 0.5) is 5.69 Å². The summed E-state index contributed by atoms with van der Waals surface area (Å²) in [7, 11) is 0. The van der Waals surface area contributed by atoms with Crippen molar-refractivity contribution >= 4 is 11.7 Å². The summed E-state index contributed by atoms with van der Waals surface area (Å²) in [5.74, 6) is 0.517. The summed E-state index contributed by atoms with van der Waals surface area (Å²) >= 11 is 0. The Balaban J connectivity index is 1.87. The summed E-state index contributed by atoms with van der Waals surface area (Å²) < 4.78 is 0. The highest BCUT2D eigenvalue weighted by Crippen LogP contribution is 2.36. The van der Waals surface area contributed by atoms with Crippen molar-refractivity contribution in [3.8, 4) is 6.07 Å². The molecule has 2 aliphatic rings. The van der Waals surface area contributed by atoms with Crippen molar-refractivity contribution in [1.29, 1.82) is 5.26 Å². The third-order valence-corrected chi connectivity index (χ3v) is 4.06. The first-order valence-corrected chi connectivity index (χ1v) is 7.19. The summed E-state index contributed by atoms with van der Waals surface area (Å²) in [6.07, 6.45) is 5.10. The van der Waals surface area contributed by atoms with Crippen molar-refractivity contribution in [3.63, 3.8) is 0 Å². The fraction of sp³-hybridized carbons (Fsp3) is 0.500. The van der Waals surface area contributed by atoms with Crippen LogP contribution in [0.2, 0.25) is 0 Å². The highest BCUT2D eigenvalue weighted by Gasteiger charge is 2.30. The standard InChI is InChI=1S/C16H18N2O2/c17-8-14-7-13(16(19)20)5-6-15(14)18(9-11-1-2-11)10-12-3-4-12/h5-7,11-12H,1-4,9-10H2,(H,19,20). The maximum atomic E-state index is 11.0. The Morgan fingerprint density at radius 2 is 1.85 bits per heavy atom. The number of carbonyl (C=O) groups is 1. The molecule has 0 heterocycles. The quantitative estimate of drug-likeness (QED) is 0.863. The molecular formula is C16H18N2O2.